The van der Waals surface area contributed by atoms with Gasteiger partial charge in [0.2, 0.25) is 0 Å². The zero-order chi connectivity index (χ0) is 14.0. The van der Waals surface area contributed by atoms with Crippen LogP contribution in [0.1, 0.15) is 35.9 Å². The van der Waals surface area contributed by atoms with Crippen molar-refractivity contribution in [1.82, 2.24) is 9.55 Å². The third-order valence-corrected chi connectivity index (χ3v) is 3.28. The van der Waals surface area contributed by atoms with Gasteiger partial charge in [0.15, 0.2) is 0 Å². The molecule has 0 spiro atoms. The van der Waals surface area contributed by atoms with Crippen LogP contribution in [0.2, 0.25) is 0 Å². The number of halogens is 1. The number of nitrogens with zero attached hydrogens (tertiary/aromatic N) is 2. The van der Waals surface area contributed by atoms with Gasteiger partial charge in [-0.2, -0.15) is 0 Å². The van der Waals surface area contributed by atoms with Crippen molar-refractivity contribution in [2.24, 2.45) is 0 Å². The monoisotopic (exact) mass is 321 g/mol. The minimum atomic E-state index is -0.152. The van der Waals surface area contributed by atoms with Crippen LogP contribution in [0.15, 0.2) is 35.1 Å². The van der Waals surface area contributed by atoms with E-state index in [0.29, 0.717) is 11.5 Å². The molecule has 2 aromatic heterocycles. The molecule has 4 nitrogen and oxygen atoms in total. The highest BCUT2D eigenvalue weighted by atomic mass is 79.9. The topological polar surface area (TPSA) is 46.9 Å². The second-order valence-electron chi connectivity index (χ2n) is 4.67. The first-order valence-electron chi connectivity index (χ1n) is 6.09. The molecule has 19 heavy (non-hydrogen) atoms. The molecule has 0 aromatic carbocycles. The van der Waals surface area contributed by atoms with Gasteiger partial charge in [-0.1, -0.05) is 6.07 Å². The first-order chi connectivity index (χ1) is 8.99. The largest absolute Gasteiger partial charge is 0.340 e. The Morgan fingerprint density at radius 2 is 2.21 bits per heavy atom. The van der Waals surface area contributed by atoms with E-state index < -0.39 is 0 Å². The Kier molecular flexibility index (Phi) is 4.04. The Hall–Kier alpha value is -1.62. The highest BCUT2D eigenvalue weighted by Gasteiger charge is 2.16. The van der Waals surface area contributed by atoms with E-state index in [-0.39, 0.29) is 11.9 Å². The zero-order valence-corrected chi connectivity index (χ0v) is 12.7. The number of anilines is 1. The van der Waals surface area contributed by atoms with Crippen molar-refractivity contribution >= 4 is 27.7 Å². The van der Waals surface area contributed by atoms with Crippen LogP contribution in [0, 0.1) is 6.92 Å². The van der Waals surface area contributed by atoms with Crippen molar-refractivity contribution in [1.29, 1.82) is 0 Å². The van der Waals surface area contributed by atoms with Gasteiger partial charge in [-0.3, -0.25) is 4.79 Å². The predicted molar refractivity (Wildman–Crippen MR) is 79.4 cm³/mol. The summed E-state index contributed by atoms with van der Waals surface area (Å²) in [5, 5.41) is 2.84. The quantitative estimate of drug-likeness (QED) is 0.934. The molecular weight excluding hydrogens is 306 g/mol. The molecule has 0 aliphatic carbocycles. The molecule has 0 radical (unpaired) electrons. The normalized spacial score (nSPS) is 10.8. The number of carbonyl (C=O) groups excluding carboxylic acids is 1. The van der Waals surface area contributed by atoms with E-state index in [4.69, 9.17) is 0 Å². The lowest BCUT2D eigenvalue weighted by atomic mass is 10.3. The Morgan fingerprint density at radius 3 is 2.84 bits per heavy atom. The molecular formula is C14H16BrN3O. The number of amides is 1. The average Bonchev–Trinajstić information content (AvgIpc) is 2.74. The molecule has 1 amide bonds. The van der Waals surface area contributed by atoms with E-state index in [2.05, 4.69) is 26.2 Å². The maximum atomic E-state index is 12.3. The van der Waals surface area contributed by atoms with Crippen molar-refractivity contribution in [3.63, 3.8) is 0 Å². The van der Waals surface area contributed by atoms with E-state index in [1.165, 1.54) is 0 Å². The third kappa shape index (κ3) is 3.04. The first kappa shape index (κ1) is 13.8. The minimum Gasteiger partial charge on any atom is -0.340 e. The molecule has 100 valence electrons. The summed E-state index contributed by atoms with van der Waals surface area (Å²) in [7, 11) is 0. The fraction of sp³-hybridized carbons (Fsp3) is 0.286. The number of carbonyl (C=O) groups is 1. The van der Waals surface area contributed by atoms with Gasteiger partial charge in [0.05, 0.1) is 0 Å². The summed E-state index contributed by atoms with van der Waals surface area (Å²) < 4.78 is 2.82. The lowest BCUT2D eigenvalue weighted by Crippen LogP contribution is -2.18. The van der Waals surface area contributed by atoms with Gasteiger partial charge in [0.1, 0.15) is 11.5 Å². The van der Waals surface area contributed by atoms with Gasteiger partial charge in [-0.15, -0.1) is 0 Å². The van der Waals surface area contributed by atoms with Gasteiger partial charge in [0.25, 0.3) is 5.91 Å². The highest BCUT2D eigenvalue weighted by molar-refractivity contribution is 9.10. The second-order valence-corrected chi connectivity index (χ2v) is 5.58. The molecule has 0 atom stereocenters. The number of nitrogens with one attached hydrogen (secondary N) is 1. The van der Waals surface area contributed by atoms with E-state index in [1.54, 1.807) is 6.20 Å². The summed E-state index contributed by atoms with van der Waals surface area (Å²) >= 11 is 3.40. The van der Waals surface area contributed by atoms with Crippen LogP contribution in [0.25, 0.3) is 0 Å². The number of hydrogen-bond acceptors (Lipinski definition) is 2. The van der Waals surface area contributed by atoms with Crippen LogP contribution in [0.4, 0.5) is 5.82 Å². The first-order valence-corrected chi connectivity index (χ1v) is 6.88. The molecule has 0 bridgehead atoms. The van der Waals surface area contributed by atoms with Crippen molar-refractivity contribution in [2.75, 3.05) is 5.32 Å². The fourth-order valence-corrected chi connectivity index (χ4v) is 2.28. The smallest absolute Gasteiger partial charge is 0.273 e. The summed E-state index contributed by atoms with van der Waals surface area (Å²) in [5.41, 5.74) is 1.56. The SMILES string of the molecule is Cc1cccnc1NC(=O)c1cc(Br)cn1C(C)C. The lowest BCUT2D eigenvalue weighted by molar-refractivity contribution is 0.101. The summed E-state index contributed by atoms with van der Waals surface area (Å²) in [6, 6.07) is 5.79. The van der Waals surface area contributed by atoms with Crippen LogP contribution in [-0.2, 0) is 0 Å². The number of hydrogen-bond donors (Lipinski definition) is 1. The maximum Gasteiger partial charge on any atom is 0.273 e. The number of pyridine rings is 1. The van der Waals surface area contributed by atoms with Crippen molar-refractivity contribution in [3.8, 4) is 0 Å². The van der Waals surface area contributed by atoms with E-state index in [1.807, 2.05) is 49.7 Å². The molecule has 2 rings (SSSR count). The van der Waals surface area contributed by atoms with Crippen LogP contribution in [-0.4, -0.2) is 15.5 Å². The van der Waals surface area contributed by atoms with Crippen LogP contribution >= 0.6 is 15.9 Å². The van der Waals surface area contributed by atoms with Gasteiger partial charge in [-0.25, -0.2) is 4.98 Å². The summed E-state index contributed by atoms with van der Waals surface area (Å²) in [5.74, 6) is 0.446. The maximum absolute atomic E-state index is 12.3. The number of rotatable bonds is 3. The van der Waals surface area contributed by atoms with E-state index in [9.17, 15) is 4.79 Å². The van der Waals surface area contributed by atoms with Crippen molar-refractivity contribution < 1.29 is 4.79 Å². The Bertz CT molecular complexity index is 604. The highest BCUT2D eigenvalue weighted by Crippen LogP contribution is 2.20. The number of aromatic nitrogens is 2. The van der Waals surface area contributed by atoms with Gasteiger partial charge < -0.3 is 9.88 Å². The molecule has 0 fully saturated rings. The molecule has 2 aromatic rings. The molecule has 5 heteroatoms. The summed E-state index contributed by atoms with van der Waals surface area (Å²) in [6.45, 7) is 5.99. The van der Waals surface area contributed by atoms with Gasteiger partial charge >= 0.3 is 0 Å². The lowest BCUT2D eigenvalue weighted by Gasteiger charge is -2.13. The Labute approximate surface area is 121 Å². The van der Waals surface area contributed by atoms with Gasteiger partial charge in [0, 0.05) is 22.9 Å². The molecule has 2 heterocycles. The van der Waals surface area contributed by atoms with Crippen molar-refractivity contribution in [3.05, 3.63) is 46.3 Å². The molecule has 0 saturated heterocycles. The van der Waals surface area contributed by atoms with Gasteiger partial charge in [-0.05, 0) is 54.4 Å². The van der Waals surface area contributed by atoms with Crippen molar-refractivity contribution in [2.45, 2.75) is 26.8 Å². The summed E-state index contributed by atoms with van der Waals surface area (Å²) in [4.78, 5) is 16.5. The Morgan fingerprint density at radius 1 is 1.47 bits per heavy atom. The fourth-order valence-electron chi connectivity index (χ4n) is 1.84. The summed E-state index contributed by atoms with van der Waals surface area (Å²) in [6.07, 6.45) is 3.57. The number of aryl methyl sites for hydroxylation is 1. The third-order valence-electron chi connectivity index (χ3n) is 2.85. The second kappa shape index (κ2) is 5.57. The Balaban J connectivity index is 2.28. The molecule has 0 aliphatic rings. The standard InChI is InChI=1S/C14H16BrN3O/c1-9(2)18-8-11(15)7-12(18)14(19)17-13-10(3)5-4-6-16-13/h4-9H,1-3H3,(H,16,17,19). The molecule has 0 aliphatic heterocycles. The zero-order valence-electron chi connectivity index (χ0n) is 11.1. The molecule has 0 unspecified atom stereocenters. The van der Waals surface area contributed by atoms with Crippen LogP contribution in [0.3, 0.4) is 0 Å². The molecule has 1 N–H and O–H groups in total. The minimum absolute atomic E-state index is 0.152. The van der Waals surface area contributed by atoms with Crippen LogP contribution < -0.4 is 5.32 Å². The average molecular weight is 322 g/mol. The molecule has 0 saturated carbocycles. The predicted octanol–water partition coefficient (Wildman–Crippen LogP) is 3.79. The van der Waals surface area contributed by atoms with Crippen LogP contribution in [0.5, 0.6) is 0 Å². The van der Waals surface area contributed by atoms with E-state index >= 15 is 0 Å². The van der Waals surface area contributed by atoms with E-state index in [0.717, 1.165) is 10.0 Å².